The van der Waals surface area contributed by atoms with Crippen LogP contribution in [0.5, 0.6) is 0 Å². The molecule has 0 aromatic carbocycles. The van der Waals surface area contributed by atoms with Gasteiger partial charge in [0, 0.05) is 13.2 Å². The minimum Gasteiger partial charge on any atom is -0.381 e. The second-order valence-electron chi connectivity index (χ2n) is 2.32. The summed E-state index contributed by atoms with van der Waals surface area (Å²) in [6, 6.07) is 0. The molecule has 1 fully saturated rings. The van der Waals surface area contributed by atoms with Crippen LogP contribution in [0.15, 0.2) is 18.2 Å². The second-order valence-corrected chi connectivity index (χ2v) is 2.32. The van der Waals surface area contributed by atoms with Crippen LogP contribution in [0.1, 0.15) is 19.3 Å². The Kier molecular flexibility index (Phi) is 22.7. The topological polar surface area (TPSA) is 9.23 Å². The van der Waals surface area contributed by atoms with Crippen molar-refractivity contribution < 1.29 is 45.1 Å². The summed E-state index contributed by atoms with van der Waals surface area (Å²) in [5.41, 5.74) is 0. The maximum absolute atomic E-state index is 4.94. The van der Waals surface area contributed by atoms with Gasteiger partial charge in [0.2, 0.25) is 0 Å². The molecule has 1 saturated heterocycles. The van der Waals surface area contributed by atoms with Gasteiger partial charge in [-0.2, -0.15) is 6.08 Å². The Morgan fingerprint density at radius 2 is 1.69 bits per heavy atom. The summed E-state index contributed by atoms with van der Waals surface area (Å²) in [6.45, 7) is 2.00. The molecule has 0 amide bonds. The Morgan fingerprint density at radius 1 is 1.08 bits per heavy atom. The number of rotatable bonds is 0. The van der Waals surface area contributed by atoms with Crippen LogP contribution in [0.25, 0.3) is 0 Å². The first-order chi connectivity index (χ1) is 5.00. The number of hydrogen-bond acceptors (Lipinski definition) is 1. The quantitative estimate of drug-likeness (QED) is 0.624. The van der Waals surface area contributed by atoms with Gasteiger partial charge in [0.25, 0.3) is 0 Å². The summed E-state index contributed by atoms with van der Waals surface area (Å²) in [7, 11) is 0. The Hall–Kier alpha value is 0.778. The third-order valence-electron chi connectivity index (χ3n) is 1.41. The van der Waals surface area contributed by atoms with E-state index in [1.54, 1.807) is 0 Å². The first-order valence-electron chi connectivity index (χ1n) is 3.79. The van der Waals surface area contributed by atoms with Crippen molar-refractivity contribution >= 4 is 0 Å². The average Bonchev–Trinajstić information content (AvgIpc) is 2.67. The molecular formula is C11H19OSm. The maximum Gasteiger partial charge on any atom is 3.00 e. The van der Waals surface area contributed by atoms with Crippen LogP contribution in [-0.4, -0.2) is 13.2 Å². The van der Waals surface area contributed by atoms with E-state index in [1.807, 2.05) is 12.2 Å². The van der Waals surface area contributed by atoms with E-state index in [2.05, 4.69) is 12.2 Å². The zero-order chi connectivity index (χ0) is 7.07. The van der Waals surface area contributed by atoms with E-state index in [4.69, 9.17) is 4.74 Å². The molecule has 2 rings (SSSR count). The first-order valence-corrected chi connectivity index (χ1v) is 3.79. The predicted octanol–water partition coefficient (Wildman–Crippen LogP) is 3.00. The molecular weight excluding hydrogens is 298 g/mol. The summed E-state index contributed by atoms with van der Waals surface area (Å²) in [5.74, 6) is 0. The van der Waals surface area contributed by atoms with Crippen LogP contribution >= 0.6 is 0 Å². The van der Waals surface area contributed by atoms with Crippen LogP contribution in [-0.2, 0) is 4.74 Å². The summed E-state index contributed by atoms with van der Waals surface area (Å²) in [6.07, 6.45) is 12.6. The van der Waals surface area contributed by atoms with Crippen LogP contribution in [0.4, 0.5) is 0 Å². The molecule has 75 valence electrons. The van der Waals surface area contributed by atoms with E-state index in [1.165, 1.54) is 12.8 Å². The summed E-state index contributed by atoms with van der Waals surface area (Å²) >= 11 is 0. The molecule has 2 aliphatic rings. The smallest absolute Gasteiger partial charge is 0.381 e. The minimum absolute atomic E-state index is 0. The molecule has 0 N–H and O–H groups in total. The Labute approximate surface area is 116 Å². The van der Waals surface area contributed by atoms with Crippen molar-refractivity contribution in [2.45, 2.75) is 19.3 Å². The third kappa shape index (κ3) is 12.8. The summed E-state index contributed by atoms with van der Waals surface area (Å²) in [5, 5.41) is 0. The zero-order valence-electron chi connectivity index (χ0n) is 8.58. The largest absolute Gasteiger partial charge is 3.00 e. The van der Waals surface area contributed by atoms with Crippen LogP contribution in [0.3, 0.4) is 0 Å². The minimum atomic E-state index is 0. The van der Waals surface area contributed by atoms with Gasteiger partial charge in [-0.25, -0.2) is 12.2 Å². The molecule has 1 aliphatic carbocycles. The molecule has 13 heavy (non-hydrogen) atoms. The molecule has 2 heteroatoms. The zero-order valence-corrected chi connectivity index (χ0v) is 11.2. The third-order valence-corrected chi connectivity index (χ3v) is 1.41. The van der Waals surface area contributed by atoms with Gasteiger partial charge in [0.05, 0.1) is 0 Å². The molecule has 1 nitrogen and oxygen atoms in total. The molecule has 1 aliphatic heterocycles. The fourth-order valence-corrected chi connectivity index (χ4v) is 0.851. The second kappa shape index (κ2) is 15.3. The van der Waals surface area contributed by atoms with E-state index < -0.39 is 0 Å². The van der Waals surface area contributed by atoms with Gasteiger partial charge < -0.3 is 19.6 Å². The fourth-order valence-electron chi connectivity index (χ4n) is 0.851. The van der Waals surface area contributed by atoms with Crippen molar-refractivity contribution in [2.24, 2.45) is 0 Å². The number of hydrogen-bond donors (Lipinski definition) is 0. The molecule has 0 unspecified atom stereocenters. The van der Waals surface area contributed by atoms with Gasteiger partial charge in [-0.3, -0.25) is 6.08 Å². The Morgan fingerprint density at radius 3 is 1.85 bits per heavy atom. The number of allylic oxidation sites excluding steroid dienone is 4. The van der Waals surface area contributed by atoms with E-state index >= 15 is 0 Å². The van der Waals surface area contributed by atoms with Gasteiger partial charge in [-0.1, -0.05) is 0 Å². The van der Waals surface area contributed by atoms with Gasteiger partial charge in [0.15, 0.2) is 0 Å². The van der Waals surface area contributed by atoms with Crippen molar-refractivity contribution in [3.8, 4) is 0 Å². The van der Waals surface area contributed by atoms with Crippen LogP contribution in [0, 0.1) is 61.3 Å². The molecule has 0 atom stereocenters. The Bertz CT molecular complexity index is 108. The van der Waals surface area contributed by atoms with E-state index in [0.717, 1.165) is 19.6 Å². The normalized spacial score (nSPS) is 16.0. The summed E-state index contributed by atoms with van der Waals surface area (Å²) in [4.78, 5) is 0. The van der Waals surface area contributed by atoms with E-state index in [0.29, 0.717) is 0 Å². The van der Waals surface area contributed by atoms with Crippen molar-refractivity contribution in [2.75, 3.05) is 13.2 Å². The van der Waals surface area contributed by atoms with Crippen LogP contribution < -0.4 is 0 Å². The van der Waals surface area contributed by atoms with Gasteiger partial charge in [-0.15, -0.1) is 6.42 Å². The molecule has 0 bridgehead atoms. The van der Waals surface area contributed by atoms with Gasteiger partial charge >= 0.3 is 40.4 Å². The summed E-state index contributed by atoms with van der Waals surface area (Å²) < 4.78 is 4.94. The molecule has 0 spiro atoms. The molecule has 0 saturated carbocycles. The van der Waals surface area contributed by atoms with E-state index in [-0.39, 0.29) is 55.2 Å². The monoisotopic (exact) mass is 319 g/mol. The molecule has 0 aromatic heterocycles. The van der Waals surface area contributed by atoms with Gasteiger partial charge in [0.1, 0.15) is 0 Å². The van der Waals surface area contributed by atoms with Crippen molar-refractivity contribution in [3.05, 3.63) is 39.2 Å². The molecule has 0 aromatic rings. The Balaban J connectivity index is -0.000000125. The first kappa shape index (κ1) is 19.4. The SMILES string of the molecule is C1CCOC1.[C-]1=CC=CC1.[CH3-].[CH3-].[Sm+3]. The standard InChI is InChI=1S/C5H5.C4H8O.2CH3.Sm/c2*1-2-4-5-3-1;;;/h1-3H,4H2;1-4H2;2*1H3;/q-1;;2*-1;+3. The maximum atomic E-state index is 4.94. The van der Waals surface area contributed by atoms with E-state index in [9.17, 15) is 0 Å². The predicted molar refractivity (Wildman–Crippen MR) is 54.5 cm³/mol. The van der Waals surface area contributed by atoms with Crippen molar-refractivity contribution in [3.63, 3.8) is 0 Å². The van der Waals surface area contributed by atoms with Crippen LogP contribution in [0.2, 0.25) is 0 Å². The van der Waals surface area contributed by atoms with Gasteiger partial charge in [-0.05, 0) is 12.8 Å². The fraction of sp³-hybridized carbons (Fsp3) is 0.455. The molecule has 1 heterocycles. The number of ether oxygens (including phenoxy) is 1. The average molecular weight is 318 g/mol. The van der Waals surface area contributed by atoms with Crippen molar-refractivity contribution in [1.82, 2.24) is 0 Å². The van der Waals surface area contributed by atoms with Crippen molar-refractivity contribution in [1.29, 1.82) is 0 Å². The molecule has 1 radical (unpaired) electrons.